The van der Waals surface area contributed by atoms with E-state index in [0.717, 1.165) is 0 Å². The highest BCUT2D eigenvalue weighted by atomic mass is 35.5. The van der Waals surface area contributed by atoms with Crippen LogP contribution in [0.25, 0.3) is 0 Å². The monoisotopic (exact) mass is 308 g/mol. The van der Waals surface area contributed by atoms with Gasteiger partial charge in [-0.25, -0.2) is 4.79 Å². The van der Waals surface area contributed by atoms with E-state index in [2.05, 4.69) is 10.5 Å². The van der Waals surface area contributed by atoms with Crippen LogP contribution in [0, 0.1) is 6.92 Å². The van der Waals surface area contributed by atoms with E-state index < -0.39 is 11.9 Å². The standard InChI is InChI=1S/C14H13ClN2O4/c1-3-9-11(7(2)21-17-9)13(18)16-10-6-4-5-8(15)12(10)14(19)20/h4-6H,3H2,1-2H3,(H,16,18)(H,19,20). The summed E-state index contributed by atoms with van der Waals surface area (Å²) in [4.78, 5) is 23.5. The van der Waals surface area contributed by atoms with Crippen molar-refractivity contribution in [3.63, 3.8) is 0 Å². The normalized spacial score (nSPS) is 10.4. The summed E-state index contributed by atoms with van der Waals surface area (Å²) in [6, 6.07) is 4.48. The third kappa shape index (κ3) is 2.90. The summed E-state index contributed by atoms with van der Waals surface area (Å²) in [6.45, 7) is 3.47. The second kappa shape index (κ2) is 5.97. The highest BCUT2D eigenvalue weighted by molar-refractivity contribution is 6.34. The number of aryl methyl sites for hydroxylation is 2. The molecule has 0 unspecified atom stereocenters. The number of hydrogen-bond donors (Lipinski definition) is 2. The van der Waals surface area contributed by atoms with Crippen LogP contribution in [0.5, 0.6) is 0 Å². The molecule has 0 saturated heterocycles. The van der Waals surface area contributed by atoms with Crippen molar-refractivity contribution in [2.24, 2.45) is 0 Å². The fourth-order valence-electron chi connectivity index (χ4n) is 1.98. The first-order valence-corrected chi connectivity index (χ1v) is 6.61. The average Bonchev–Trinajstić information content (AvgIpc) is 2.79. The molecule has 0 fully saturated rings. The summed E-state index contributed by atoms with van der Waals surface area (Å²) in [5.74, 6) is -1.31. The van der Waals surface area contributed by atoms with Gasteiger partial charge in [-0.05, 0) is 25.5 Å². The number of aromatic carboxylic acids is 1. The van der Waals surface area contributed by atoms with Gasteiger partial charge in [0.15, 0.2) is 0 Å². The molecule has 0 aliphatic rings. The molecule has 0 saturated carbocycles. The van der Waals surface area contributed by atoms with E-state index in [1.807, 2.05) is 6.92 Å². The SMILES string of the molecule is CCc1noc(C)c1C(=O)Nc1cccc(Cl)c1C(=O)O. The lowest BCUT2D eigenvalue weighted by Gasteiger charge is -2.09. The zero-order valence-electron chi connectivity index (χ0n) is 11.4. The molecule has 7 heteroatoms. The van der Waals surface area contributed by atoms with E-state index >= 15 is 0 Å². The smallest absolute Gasteiger partial charge is 0.339 e. The van der Waals surface area contributed by atoms with Crippen LogP contribution in [0.15, 0.2) is 22.7 Å². The van der Waals surface area contributed by atoms with Gasteiger partial charge < -0.3 is 14.9 Å². The Morgan fingerprint density at radius 1 is 1.38 bits per heavy atom. The Bertz CT molecular complexity index is 709. The van der Waals surface area contributed by atoms with Crippen molar-refractivity contribution in [2.75, 3.05) is 5.32 Å². The van der Waals surface area contributed by atoms with Crippen molar-refractivity contribution < 1.29 is 19.2 Å². The van der Waals surface area contributed by atoms with E-state index in [-0.39, 0.29) is 16.3 Å². The molecule has 6 nitrogen and oxygen atoms in total. The van der Waals surface area contributed by atoms with E-state index in [1.54, 1.807) is 13.0 Å². The van der Waals surface area contributed by atoms with Crippen molar-refractivity contribution in [1.29, 1.82) is 0 Å². The molecule has 0 radical (unpaired) electrons. The van der Waals surface area contributed by atoms with Gasteiger partial charge in [0.05, 0.1) is 16.4 Å². The number of hydrogen-bond acceptors (Lipinski definition) is 4. The Morgan fingerprint density at radius 2 is 2.10 bits per heavy atom. The number of carboxylic acids is 1. The van der Waals surface area contributed by atoms with E-state index in [9.17, 15) is 14.7 Å². The zero-order chi connectivity index (χ0) is 15.6. The van der Waals surface area contributed by atoms with Crippen molar-refractivity contribution in [3.8, 4) is 0 Å². The van der Waals surface area contributed by atoms with Crippen LogP contribution in [0.4, 0.5) is 5.69 Å². The molecular formula is C14H13ClN2O4. The van der Waals surface area contributed by atoms with Gasteiger partial charge in [0.1, 0.15) is 16.9 Å². The molecule has 110 valence electrons. The van der Waals surface area contributed by atoms with Crippen LogP contribution in [0.3, 0.4) is 0 Å². The van der Waals surface area contributed by atoms with Crippen LogP contribution in [-0.2, 0) is 6.42 Å². The molecule has 1 heterocycles. The summed E-state index contributed by atoms with van der Waals surface area (Å²) in [5.41, 5.74) is 0.806. The van der Waals surface area contributed by atoms with Crippen molar-refractivity contribution in [2.45, 2.75) is 20.3 Å². The molecular weight excluding hydrogens is 296 g/mol. The van der Waals surface area contributed by atoms with Crippen LogP contribution in [0.2, 0.25) is 5.02 Å². The predicted octanol–water partition coefficient (Wildman–Crippen LogP) is 3.15. The van der Waals surface area contributed by atoms with Crippen LogP contribution < -0.4 is 5.32 Å². The summed E-state index contributed by atoms with van der Waals surface area (Å²) in [5, 5.41) is 15.6. The zero-order valence-corrected chi connectivity index (χ0v) is 12.2. The first kappa shape index (κ1) is 15.1. The number of anilines is 1. The third-order valence-electron chi connectivity index (χ3n) is 2.97. The van der Waals surface area contributed by atoms with Crippen LogP contribution >= 0.6 is 11.6 Å². The Hall–Kier alpha value is -2.34. The van der Waals surface area contributed by atoms with Gasteiger partial charge in [0.25, 0.3) is 5.91 Å². The molecule has 2 aromatic rings. The first-order chi connectivity index (χ1) is 9.95. The van der Waals surface area contributed by atoms with Crippen molar-refractivity contribution >= 4 is 29.2 Å². The molecule has 0 atom stereocenters. The van der Waals surface area contributed by atoms with Crippen molar-refractivity contribution in [1.82, 2.24) is 5.16 Å². The fraction of sp³-hybridized carbons (Fsp3) is 0.214. The number of benzene rings is 1. The summed E-state index contributed by atoms with van der Waals surface area (Å²) < 4.78 is 4.99. The van der Waals surface area contributed by atoms with Gasteiger partial charge in [-0.15, -0.1) is 0 Å². The largest absolute Gasteiger partial charge is 0.478 e. The molecule has 0 bridgehead atoms. The van der Waals surface area contributed by atoms with E-state index in [1.165, 1.54) is 12.1 Å². The number of nitrogens with one attached hydrogen (secondary N) is 1. The number of carboxylic acid groups (broad SMARTS) is 1. The number of aromatic nitrogens is 1. The summed E-state index contributed by atoms with van der Waals surface area (Å²) in [7, 11) is 0. The van der Waals surface area contributed by atoms with Gasteiger partial charge in [0, 0.05) is 0 Å². The number of carbonyl (C=O) groups is 2. The molecule has 2 rings (SSSR count). The average molecular weight is 309 g/mol. The molecule has 2 N–H and O–H groups in total. The Labute approximate surface area is 125 Å². The second-order valence-corrected chi connectivity index (χ2v) is 4.74. The number of amides is 1. The number of carbonyl (C=O) groups excluding carboxylic acids is 1. The molecule has 0 aliphatic carbocycles. The van der Waals surface area contributed by atoms with Gasteiger partial charge >= 0.3 is 5.97 Å². The van der Waals surface area contributed by atoms with Gasteiger partial charge in [-0.2, -0.15) is 0 Å². The fourth-order valence-corrected chi connectivity index (χ4v) is 2.24. The van der Waals surface area contributed by atoms with Crippen LogP contribution in [0.1, 0.15) is 39.1 Å². The molecule has 21 heavy (non-hydrogen) atoms. The lowest BCUT2D eigenvalue weighted by atomic mass is 10.1. The van der Waals surface area contributed by atoms with Gasteiger partial charge in [-0.3, -0.25) is 4.79 Å². The van der Waals surface area contributed by atoms with E-state index in [4.69, 9.17) is 16.1 Å². The molecule has 1 aromatic heterocycles. The highest BCUT2D eigenvalue weighted by Gasteiger charge is 2.22. The highest BCUT2D eigenvalue weighted by Crippen LogP contribution is 2.25. The van der Waals surface area contributed by atoms with E-state index in [0.29, 0.717) is 23.4 Å². The minimum atomic E-state index is -1.21. The number of nitrogens with zero attached hydrogens (tertiary/aromatic N) is 1. The quantitative estimate of drug-likeness (QED) is 0.905. The molecule has 0 spiro atoms. The minimum Gasteiger partial charge on any atom is -0.478 e. The molecule has 1 amide bonds. The lowest BCUT2D eigenvalue weighted by molar-refractivity contribution is 0.0698. The van der Waals surface area contributed by atoms with Crippen LogP contribution in [-0.4, -0.2) is 22.1 Å². The number of halogens is 1. The minimum absolute atomic E-state index is 0.0538. The van der Waals surface area contributed by atoms with Gasteiger partial charge in [0.2, 0.25) is 0 Å². The second-order valence-electron chi connectivity index (χ2n) is 4.34. The Balaban J connectivity index is 2.39. The third-order valence-corrected chi connectivity index (χ3v) is 3.29. The molecule has 1 aromatic carbocycles. The lowest BCUT2D eigenvalue weighted by Crippen LogP contribution is -2.17. The maximum atomic E-state index is 12.3. The summed E-state index contributed by atoms with van der Waals surface area (Å²) in [6.07, 6.45) is 0.529. The van der Waals surface area contributed by atoms with Gasteiger partial charge in [-0.1, -0.05) is 29.7 Å². The predicted molar refractivity (Wildman–Crippen MR) is 77.0 cm³/mol. The number of rotatable bonds is 4. The Kier molecular flexibility index (Phi) is 4.28. The van der Waals surface area contributed by atoms with Crippen molar-refractivity contribution in [3.05, 3.63) is 45.8 Å². The topological polar surface area (TPSA) is 92.4 Å². The Morgan fingerprint density at radius 3 is 2.71 bits per heavy atom. The summed E-state index contributed by atoms with van der Waals surface area (Å²) >= 11 is 5.86. The maximum Gasteiger partial charge on any atom is 0.339 e. The molecule has 0 aliphatic heterocycles. The maximum absolute atomic E-state index is 12.3. The first-order valence-electron chi connectivity index (χ1n) is 6.24.